The Morgan fingerprint density at radius 1 is 1.39 bits per heavy atom. The van der Waals surface area contributed by atoms with Crippen LogP contribution in [0, 0.1) is 16.4 Å². The maximum atomic E-state index is 14.0. The number of nitrogens with two attached hydrogens (primary N) is 1. The summed E-state index contributed by atoms with van der Waals surface area (Å²) in [6, 6.07) is 1.54. The van der Waals surface area contributed by atoms with Crippen molar-refractivity contribution in [3.05, 3.63) is 69.8 Å². The van der Waals surface area contributed by atoms with Crippen LogP contribution < -0.4 is 11.1 Å². The zero-order chi connectivity index (χ0) is 21.3. The average Bonchev–Trinajstić information content (AvgIpc) is 3.34. The number of carbonyl (C=O) groups excluding carboxylic acids is 1. The van der Waals surface area contributed by atoms with Crippen LogP contribution in [0.2, 0.25) is 0 Å². The van der Waals surface area contributed by atoms with Crippen molar-refractivity contribution in [2.45, 2.75) is 44.3 Å². The molecule has 1 aliphatic rings. The highest BCUT2D eigenvalue weighted by molar-refractivity contribution is 7.71. The molecule has 7 nitrogen and oxygen atoms in total. The third-order valence-electron chi connectivity index (χ3n) is 5.47. The number of amides is 1. The molecule has 11 heteroatoms. The Morgan fingerprint density at radius 2 is 2.19 bits per heavy atom. The second kappa shape index (κ2) is 9.71. The fourth-order valence-corrected chi connectivity index (χ4v) is 4.32. The monoisotopic (exact) mass is 468 g/mol. The number of imidazole rings is 2. The summed E-state index contributed by atoms with van der Waals surface area (Å²) in [5.41, 5.74) is 8.76. The van der Waals surface area contributed by atoms with Gasteiger partial charge in [0.25, 0.3) is 0 Å². The maximum Gasteiger partial charge on any atom is 0.237 e. The summed E-state index contributed by atoms with van der Waals surface area (Å²) in [4.78, 5) is 22.2. The molecule has 5 N–H and O–H groups in total. The normalized spacial score (nSPS) is 16.3. The lowest BCUT2D eigenvalue weighted by molar-refractivity contribution is -0.122. The van der Waals surface area contributed by atoms with Gasteiger partial charge in [0.2, 0.25) is 5.91 Å². The van der Waals surface area contributed by atoms with E-state index >= 15 is 0 Å². The van der Waals surface area contributed by atoms with Gasteiger partial charge in [-0.3, -0.25) is 4.79 Å². The lowest BCUT2D eigenvalue weighted by Crippen LogP contribution is -2.42. The largest absolute Gasteiger partial charge is 0.349 e. The van der Waals surface area contributed by atoms with Gasteiger partial charge in [-0.1, -0.05) is 0 Å². The van der Waals surface area contributed by atoms with Gasteiger partial charge in [-0.15, -0.1) is 12.4 Å². The molecule has 0 unspecified atom stereocenters. The molecular formula is C20H23ClF2N6OS. The topological polar surface area (TPSA) is 105 Å². The van der Waals surface area contributed by atoms with E-state index < -0.39 is 17.7 Å². The first-order valence-corrected chi connectivity index (χ1v) is 10.1. The Kier molecular flexibility index (Phi) is 7.24. The number of aromatic amines is 2. The summed E-state index contributed by atoms with van der Waals surface area (Å²) < 4.78 is 30.1. The van der Waals surface area contributed by atoms with Gasteiger partial charge in [-0.05, 0) is 48.7 Å². The predicted molar refractivity (Wildman–Crippen MR) is 116 cm³/mol. The van der Waals surface area contributed by atoms with Gasteiger partial charge >= 0.3 is 0 Å². The lowest BCUT2D eigenvalue weighted by Gasteiger charge is -2.27. The van der Waals surface area contributed by atoms with E-state index in [0.29, 0.717) is 41.6 Å². The minimum absolute atomic E-state index is 0. The predicted octanol–water partition coefficient (Wildman–Crippen LogP) is 2.88. The minimum Gasteiger partial charge on any atom is -0.349 e. The fourth-order valence-electron chi connectivity index (χ4n) is 3.99. The van der Waals surface area contributed by atoms with Crippen LogP contribution in [-0.2, 0) is 30.6 Å². The van der Waals surface area contributed by atoms with Gasteiger partial charge in [0.05, 0.1) is 24.6 Å². The number of H-pyrrole nitrogens is 2. The number of nitrogens with one attached hydrogen (secondary N) is 3. The molecule has 1 aromatic carbocycles. The highest BCUT2D eigenvalue weighted by Crippen LogP contribution is 2.32. The first kappa shape index (κ1) is 23.1. The van der Waals surface area contributed by atoms with Crippen LogP contribution in [0.25, 0.3) is 0 Å². The summed E-state index contributed by atoms with van der Waals surface area (Å²) in [7, 11) is 0. The van der Waals surface area contributed by atoms with Gasteiger partial charge in [0.1, 0.15) is 11.6 Å². The Hall–Kier alpha value is -2.56. The SMILES string of the molecule is Cl.N[C@@H](Cc1cnc[nH]1)C(=O)NCc1c[nH]c(=S)n1[C@@H]1CCc2c(F)cc(F)cc2C1. The standard InChI is InChI=1S/C20H22F2N6OS.ClH/c21-12-3-11-4-14(1-2-16(11)17(22)5-12)28-15(9-26-20(28)30)8-25-19(29)18(23)6-13-7-24-10-27-13;/h3,5,7,9-10,14,18H,1-2,4,6,8,23H2,(H,24,27)(H,25,29)(H,26,30);1H/t14-,18+;/m1./s1. The molecule has 2 aromatic heterocycles. The number of halogens is 3. The van der Waals surface area contributed by atoms with Crippen LogP contribution in [0.1, 0.15) is 35.0 Å². The summed E-state index contributed by atoms with van der Waals surface area (Å²) in [5.74, 6) is -1.37. The molecule has 2 heterocycles. The van der Waals surface area contributed by atoms with Crippen LogP contribution in [-0.4, -0.2) is 31.5 Å². The summed E-state index contributed by atoms with van der Waals surface area (Å²) >= 11 is 5.42. The van der Waals surface area contributed by atoms with Crippen molar-refractivity contribution in [2.75, 3.05) is 0 Å². The molecule has 1 amide bonds. The van der Waals surface area contributed by atoms with Crippen molar-refractivity contribution in [3.63, 3.8) is 0 Å². The van der Waals surface area contributed by atoms with E-state index in [1.54, 1.807) is 12.4 Å². The Labute approximate surface area is 188 Å². The van der Waals surface area contributed by atoms with E-state index in [1.165, 1.54) is 12.4 Å². The van der Waals surface area contributed by atoms with Crippen molar-refractivity contribution in [2.24, 2.45) is 5.73 Å². The van der Waals surface area contributed by atoms with Gasteiger partial charge < -0.3 is 25.6 Å². The van der Waals surface area contributed by atoms with E-state index in [0.717, 1.165) is 17.5 Å². The Bertz CT molecular complexity index is 1110. The van der Waals surface area contributed by atoms with Crippen LogP contribution in [0.15, 0.2) is 30.9 Å². The fraction of sp³-hybridized carbons (Fsp3) is 0.350. The third kappa shape index (κ3) is 5.03. The molecule has 0 spiro atoms. The average molecular weight is 469 g/mol. The van der Waals surface area contributed by atoms with E-state index in [4.69, 9.17) is 18.0 Å². The summed E-state index contributed by atoms with van der Waals surface area (Å²) in [5, 5.41) is 2.84. The van der Waals surface area contributed by atoms with Crippen molar-refractivity contribution in [3.8, 4) is 0 Å². The minimum atomic E-state index is -0.715. The number of rotatable bonds is 6. The van der Waals surface area contributed by atoms with Gasteiger partial charge in [-0.2, -0.15) is 0 Å². The first-order valence-electron chi connectivity index (χ1n) is 9.68. The van der Waals surface area contributed by atoms with Gasteiger partial charge in [-0.25, -0.2) is 13.8 Å². The van der Waals surface area contributed by atoms with Crippen LogP contribution in [0.5, 0.6) is 0 Å². The number of nitrogens with zero attached hydrogens (tertiary/aromatic N) is 2. The molecule has 3 aromatic rings. The van der Waals surface area contributed by atoms with Crippen LogP contribution in [0.3, 0.4) is 0 Å². The van der Waals surface area contributed by atoms with Crippen molar-refractivity contribution < 1.29 is 13.6 Å². The number of aromatic nitrogens is 4. The zero-order valence-corrected chi connectivity index (χ0v) is 18.2. The highest BCUT2D eigenvalue weighted by atomic mass is 35.5. The molecule has 0 aliphatic heterocycles. The number of hydrogen-bond acceptors (Lipinski definition) is 4. The number of benzene rings is 1. The number of carbonyl (C=O) groups is 1. The van der Waals surface area contributed by atoms with E-state index in [9.17, 15) is 13.6 Å². The molecule has 1 aliphatic carbocycles. The molecule has 0 saturated carbocycles. The maximum absolute atomic E-state index is 14.0. The molecule has 0 saturated heterocycles. The summed E-state index contributed by atoms with van der Waals surface area (Å²) in [6.07, 6.45) is 6.89. The van der Waals surface area contributed by atoms with Gasteiger partial charge in [0.15, 0.2) is 4.77 Å². The zero-order valence-electron chi connectivity index (χ0n) is 16.5. The second-order valence-corrected chi connectivity index (χ2v) is 7.87. The van der Waals surface area contributed by atoms with Gasteiger partial charge in [0, 0.05) is 36.6 Å². The van der Waals surface area contributed by atoms with Crippen LogP contribution >= 0.6 is 24.6 Å². The number of fused-ring (bicyclic) bond motifs is 1. The van der Waals surface area contributed by atoms with E-state index in [2.05, 4.69) is 20.3 Å². The second-order valence-electron chi connectivity index (χ2n) is 7.48. The third-order valence-corrected chi connectivity index (χ3v) is 5.78. The first-order chi connectivity index (χ1) is 14.4. The molecule has 0 radical (unpaired) electrons. The number of hydrogen-bond donors (Lipinski definition) is 4. The van der Waals surface area contributed by atoms with Crippen LogP contribution in [0.4, 0.5) is 8.78 Å². The molecule has 2 atom stereocenters. The van der Waals surface area contributed by atoms with E-state index in [1.807, 2.05) is 4.57 Å². The van der Waals surface area contributed by atoms with Crippen molar-refractivity contribution in [1.82, 2.24) is 24.8 Å². The Morgan fingerprint density at radius 3 is 2.94 bits per heavy atom. The smallest absolute Gasteiger partial charge is 0.237 e. The summed E-state index contributed by atoms with van der Waals surface area (Å²) in [6.45, 7) is 0.240. The molecule has 166 valence electrons. The Balaban J connectivity index is 0.00000272. The molecule has 31 heavy (non-hydrogen) atoms. The lowest BCUT2D eigenvalue weighted by atomic mass is 9.87. The molecule has 0 bridgehead atoms. The van der Waals surface area contributed by atoms with Crippen molar-refractivity contribution in [1.29, 1.82) is 0 Å². The molecule has 0 fully saturated rings. The molecule has 4 rings (SSSR count). The quantitative estimate of drug-likeness (QED) is 0.417. The molecular weight excluding hydrogens is 446 g/mol. The van der Waals surface area contributed by atoms with E-state index in [-0.39, 0.29) is 30.9 Å². The van der Waals surface area contributed by atoms with Crippen molar-refractivity contribution >= 4 is 30.5 Å². The highest BCUT2D eigenvalue weighted by Gasteiger charge is 2.25.